The summed E-state index contributed by atoms with van der Waals surface area (Å²) in [6.45, 7) is 8.37. The van der Waals surface area contributed by atoms with Gasteiger partial charge in [0.25, 0.3) is 0 Å². The standard InChI is InChI=1S/C22H29FO5.C21H35N5.2ClH.Mn/c1-12-8-16-15-5-4-13-9-14(25)6-7-19(13,2)21(15,23)17(26)10-20(16,3)22(12,28)18(27)11-24;1-3-10-20-18(8-1)22-12-13-23-19-9-2-4-11-21(19)25-15-17-7-5-6-16(26-17)14-24-20;;;/h6-7,9,12,15-17,24,26,28H,4-5,8,10-11H2,1-3H3;5-7,18-25H,1-4,8-15H2;2*1H;/q;;;;+2/p-2/t12-,15+,16+,17+,19+,20+,21+,22+;;;;/m1..../s1. The number of ketones is 2. The molecule has 4 unspecified atom stereocenters. The number of aromatic nitrogens is 1. The predicted molar refractivity (Wildman–Crippen MR) is 218 cm³/mol. The molecule has 6 aliphatic carbocycles. The molecule has 0 aromatic carbocycles. The van der Waals surface area contributed by atoms with Crippen LogP contribution in [-0.2, 0) is 35.8 Å². The number of aliphatic hydroxyl groups is 3. The number of hydrogen-bond acceptors (Lipinski definition) is 10. The van der Waals surface area contributed by atoms with Crippen LogP contribution in [0.25, 0.3) is 0 Å². The van der Waals surface area contributed by atoms with E-state index >= 15 is 4.39 Å². The quantitative estimate of drug-likeness (QED) is 0.194. The van der Waals surface area contributed by atoms with Crippen molar-refractivity contribution in [2.45, 2.75) is 152 Å². The van der Waals surface area contributed by atoms with Gasteiger partial charge >= 0.3 is 33.3 Å². The second kappa shape index (κ2) is 19.2. The molecule has 5 fully saturated rings. The summed E-state index contributed by atoms with van der Waals surface area (Å²) in [5.41, 5.74) is -2.83. The van der Waals surface area contributed by atoms with E-state index in [9.17, 15) is 24.9 Å². The van der Waals surface area contributed by atoms with Gasteiger partial charge < -0.3 is 36.6 Å². The van der Waals surface area contributed by atoms with Gasteiger partial charge in [-0.05, 0) is 94.4 Å². The second-order valence-corrected chi connectivity index (χ2v) is 20.0. The van der Waals surface area contributed by atoms with Crippen LogP contribution in [0.3, 0.4) is 0 Å². The van der Waals surface area contributed by atoms with Crippen LogP contribution in [0.5, 0.6) is 0 Å². The van der Waals surface area contributed by atoms with Gasteiger partial charge in [0.1, 0.15) is 12.2 Å². The number of Topliss-reactive ketones (excluding diaryl/α,β-unsaturated/α-hetero) is 1. The average Bonchev–Trinajstić information content (AvgIpc) is 3.40. The Bertz CT molecular complexity index is 1600. The predicted octanol–water partition coefficient (Wildman–Crippen LogP) is 5.35. The molecule has 57 heavy (non-hydrogen) atoms. The van der Waals surface area contributed by atoms with Crippen molar-refractivity contribution < 1.29 is 42.4 Å². The Kier molecular flexibility index (Phi) is 15.2. The maximum atomic E-state index is 16.9. The number of aliphatic hydroxyl groups excluding tert-OH is 2. The first kappa shape index (κ1) is 45.3. The summed E-state index contributed by atoms with van der Waals surface area (Å²) in [6, 6.07) is 8.81. The maximum absolute atomic E-state index is 16.9. The first-order chi connectivity index (χ1) is 27.3. The van der Waals surface area contributed by atoms with E-state index in [1.165, 1.54) is 74.9 Å². The van der Waals surface area contributed by atoms with Crippen molar-refractivity contribution in [1.29, 1.82) is 0 Å². The minimum atomic E-state index is -1.98. The largest absolute Gasteiger partial charge is 0.311 e. The summed E-state index contributed by atoms with van der Waals surface area (Å²) in [5.74, 6) is -2.12. The number of carbonyl (C=O) groups excluding carboxylic acids is 2. The Morgan fingerprint density at radius 3 is 1.96 bits per heavy atom. The smallest absolute Gasteiger partial charge is 0.0545 e. The first-order valence-corrected chi connectivity index (χ1v) is 24.4. The minimum absolute atomic E-state index is 0.00694. The summed E-state index contributed by atoms with van der Waals surface area (Å²) in [5, 5.41) is 47.2. The van der Waals surface area contributed by atoms with Gasteiger partial charge in [-0.1, -0.05) is 57.2 Å². The number of nitrogens with zero attached hydrogens (tertiary/aromatic N) is 1. The Hall–Kier alpha value is -1.28. The average molecular weight is 876 g/mol. The van der Waals surface area contributed by atoms with Crippen molar-refractivity contribution in [1.82, 2.24) is 26.3 Å². The summed E-state index contributed by atoms with van der Waals surface area (Å²) >= 11 is 0.00694. The number of halogens is 3. The minimum Gasteiger partial charge on any atom is -0.311 e. The molecule has 14 heteroatoms. The molecular formula is C43H64Cl2FMnN5O5. The summed E-state index contributed by atoms with van der Waals surface area (Å²) < 4.78 is 16.9. The number of fused-ring (bicyclic) bond motifs is 9. The van der Waals surface area contributed by atoms with E-state index in [0.29, 0.717) is 49.0 Å². The van der Waals surface area contributed by atoms with E-state index < -0.39 is 52.4 Å². The zero-order chi connectivity index (χ0) is 41.0. The van der Waals surface area contributed by atoms with E-state index in [4.69, 9.17) is 25.2 Å². The summed E-state index contributed by atoms with van der Waals surface area (Å²) in [4.78, 5) is 29.3. The molecule has 10 nitrogen and oxygen atoms in total. The van der Waals surface area contributed by atoms with E-state index in [1.807, 2.05) is 0 Å². The Balaban J connectivity index is 0.000000181. The molecule has 0 radical (unpaired) electrons. The number of carbonyl (C=O) groups is 2. The molecule has 2 bridgehead atoms. The van der Waals surface area contributed by atoms with E-state index in [-0.39, 0.29) is 31.3 Å². The molecule has 5 saturated carbocycles. The third kappa shape index (κ3) is 8.77. The van der Waals surface area contributed by atoms with Gasteiger partial charge in [0.2, 0.25) is 0 Å². The summed E-state index contributed by atoms with van der Waals surface area (Å²) in [6.07, 6.45) is 15.0. The van der Waals surface area contributed by atoms with Crippen LogP contribution in [0.1, 0.15) is 109 Å². The van der Waals surface area contributed by atoms with Crippen molar-refractivity contribution in [2.24, 2.45) is 28.6 Å². The molecule has 0 saturated heterocycles. The van der Waals surface area contributed by atoms with Gasteiger partial charge in [-0.25, -0.2) is 4.39 Å². The van der Waals surface area contributed by atoms with Gasteiger partial charge in [0.05, 0.1) is 17.5 Å². The van der Waals surface area contributed by atoms with Crippen molar-refractivity contribution in [2.75, 3.05) is 19.7 Å². The SMILES string of the molecule is C[C@@H]1C[C@H]2[C@@H]3CCC4=CC(=O)C=C[C@]4(C)[C@@]3(F)[C@@H](O)C[C@]2(C)[C@@]1(O)C(=O)CO.[Cl][Mn][Cl].c1cc2nc(c1)CNC1CCCCC1NCCNC1CCCCC1NC2. The van der Waals surface area contributed by atoms with Crippen LogP contribution >= 0.6 is 20.2 Å². The van der Waals surface area contributed by atoms with Crippen LogP contribution in [0.2, 0.25) is 0 Å². The molecule has 7 aliphatic rings. The van der Waals surface area contributed by atoms with Gasteiger partial charge in [-0.2, -0.15) is 0 Å². The van der Waals surface area contributed by atoms with Crippen molar-refractivity contribution in [3.05, 3.63) is 53.4 Å². The van der Waals surface area contributed by atoms with Crippen molar-refractivity contribution >= 4 is 31.8 Å². The maximum Gasteiger partial charge on any atom is 0.0545 e. The number of nitrogens with one attached hydrogen (secondary N) is 4. The molecule has 1 aliphatic heterocycles. The molecule has 2 heterocycles. The van der Waals surface area contributed by atoms with Gasteiger partial charge in [-0.15, -0.1) is 0 Å². The first-order valence-electron chi connectivity index (χ1n) is 21.2. The van der Waals surface area contributed by atoms with E-state index in [2.05, 4.69) is 39.5 Å². The zero-order valence-corrected chi connectivity index (χ0v) is 36.4. The number of allylic oxidation sites excluding steroid dienone is 4. The molecule has 7 N–H and O–H groups in total. The molecule has 319 valence electrons. The van der Waals surface area contributed by atoms with Crippen LogP contribution in [-0.4, -0.2) is 93.1 Å². The Labute approximate surface area is 353 Å². The normalized spacial score (nSPS) is 41.6. The van der Waals surface area contributed by atoms with Crippen LogP contribution < -0.4 is 21.3 Å². The fourth-order valence-electron chi connectivity index (χ4n) is 12.2. The van der Waals surface area contributed by atoms with Crippen LogP contribution in [0.15, 0.2) is 42.0 Å². The molecule has 1 aromatic rings. The van der Waals surface area contributed by atoms with Crippen LogP contribution in [0, 0.1) is 28.6 Å². The Morgan fingerprint density at radius 1 is 0.912 bits per heavy atom. The molecular weight excluding hydrogens is 811 g/mol. The fourth-order valence-corrected chi connectivity index (χ4v) is 12.2. The molecule has 1 aromatic heterocycles. The number of hydrogen-bond donors (Lipinski definition) is 7. The number of alkyl halides is 1. The fraction of sp³-hybridized carbons (Fsp3) is 0.744. The molecule has 0 amide bonds. The van der Waals surface area contributed by atoms with E-state index in [1.54, 1.807) is 26.8 Å². The van der Waals surface area contributed by atoms with Crippen LogP contribution in [0.4, 0.5) is 4.39 Å². The molecule has 0 spiro atoms. The molecule has 8 rings (SSSR count). The van der Waals surface area contributed by atoms with Gasteiger partial charge in [0.15, 0.2) is 17.2 Å². The van der Waals surface area contributed by atoms with Gasteiger partial charge in [-0.3, -0.25) is 14.6 Å². The monoisotopic (exact) mass is 874 g/mol. The second-order valence-electron chi connectivity index (χ2n) is 18.1. The summed E-state index contributed by atoms with van der Waals surface area (Å²) in [7, 11) is 9.59. The number of rotatable bonds is 2. The molecule has 12 atom stereocenters. The topological polar surface area (TPSA) is 156 Å². The zero-order valence-electron chi connectivity index (χ0n) is 33.7. The Morgan fingerprint density at radius 2 is 1.44 bits per heavy atom. The van der Waals surface area contributed by atoms with E-state index in [0.717, 1.165) is 26.2 Å². The van der Waals surface area contributed by atoms with Gasteiger partial charge in [0, 0.05) is 67.1 Å². The van der Waals surface area contributed by atoms with Crippen molar-refractivity contribution in [3.8, 4) is 0 Å². The number of pyridine rings is 1. The third-order valence-electron chi connectivity index (χ3n) is 15.2. The van der Waals surface area contributed by atoms with Crippen molar-refractivity contribution in [3.63, 3.8) is 0 Å². The third-order valence-corrected chi connectivity index (χ3v) is 15.2.